The van der Waals surface area contributed by atoms with Gasteiger partial charge in [0.15, 0.2) is 0 Å². The predicted molar refractivity (Wildman–Crippen MR) is 91.3 cm³/mol. The zero-order chi connectivity index (χ0) is 18.7. The van der Waals surface area contributed by atoms with Gasteiger partial charge in [0.25, 0.3) is 0 Å². The lowest BCUT2D eigenvalue weighted by Crippen LogP contribution is -2.37. The second kappa shape index (κ2) is 11.6. The van der Waals surface area contributed by atoms with Crippen LogP contribution in [0.1, 0.15) is 45.7 Å². The van der Waals surface area contributed by atoms with E-state index in [-0.39, 0.29) is 18.8 Å². The topological polar surface area (TPSA) is 98.7 Å². The Morgan fingerprint density at radius 3 is 2.29 bits per heavy atom. The van der Waals surface area contributed by atoms with Gasteiger partial charge in [-0.2, -0.15) is 0 Å². The van der Waals surface area contributed by atoms with Crippen molar-refractivity contribution in [3.63, 3.8) is 0 Å². The minimum atomic E-state index is -1.65. The Labute approximate surface area is 142 Å². The number of halogens is 1. The van der Waals surface area contributed by atoms with Gasteiger partial charge in [-0.3, -0.25) is 9.59 Å². The van der Waals surface area contributed by atoms with E-state index in [1.807, 2.05) is 0 Å². The molecule has 1 unspecified atom stereocenters. The Hall–Kier alpha value is -1.93. The second-order valence-electron chi connectivity index (χ2n) is 6.03. The molecule has 24 heavy (non-hydrogen) atoms. The first-order valence-corrected chi connectivity index (χ1v) is 7.77. The number of amides is 2. The summed E-state index contributed by atoms with van der Waals surface area (Å²) >= 11 is 0. The molecule has 2 amide bonds. The van der Waals surface area contributed by atoms with Crippen LogP contribution in [0.2, 0.25) is 0 Å². The zero-order valence-corrected chi connectivity index (χ0v) is 14.5. The standard InChI is InChI=1S/C12H16BFN2O4.C4H10/c1-8(17)16-11(6-12(18)15-7-13(19)20)9-3-2-4-10(14)5-9;1-4(2)3/h2-5,11,19-20H,6-7H2,1H3,(H,15,18)(H,16,17);4H,1-3H3. The van der Waals surface area contributed by atoms with Crippen LogP contribution in [0, 0.1) is 11.7 Å². The average molecular weight is 340 g/mol. The smallest absolute Gasteiger partial charge is 0.426 e. The molecule has 1 rings (SSSR count). The number of hydrogen-bond acceptors (Lipinski definition) is 4. The zero-order valence-electron chi connectivity index (χ0n) is 14.5. The van der Waals surface area contributed by atoms with Crippen molar-refractivity contribution in [1.29, 1.82) is 0 Å². The van der Waals surface area contributed by atoms with Crippen molar-refractivity contribution >= 4 is 18.9 Å². The molecule has 0 fully saturated rings. The minimum absolute atomic E-state index is 0.129. The largest absolute Gasteiger partial charge is 0.472 e. The van der Waals surface area contributed by atoms with Crippen molar-refractivity contribution < 1.29 is 24.0 Å². The lowest BCUT2D eigenvalue weighted by atomic mass is 9.92. The molecule has 0 aliphatic heterocycles. The summed E-state index contributed by atoms with van der Waals surface area (Å²) in [4.78, 5) is 22.8. The number of carbonyl (C=O) groups is 2. The SMILES string of the molecule is CC(=O)NC(CC(=O)NCB(O)O)c1cccc(F)c1.CC(C)C. The van der Waals surface area contributed by atoms with Gasteiger partial charge in [0.1, 0.15) is 5.82 Å². The highest BCUT2D eigenvalue weighted by Crippen LogP contribution is 2.17. The van der Waals surface area contributed by atoms with Crippen LogP contribution < -0.4 is 10.6 Å². The number of hydrogen-bond donors (Lipinski definition) is 4. The Morgan fingerprint density at radius 1 is 1.25 bits per heavy atom. The van der Waals surface area contributed by atoms with Crippen molar-refractivity contribution in [1.82, 2.24) is 10.6 Å². The van der Waals surface area contributed by atoms with Crippen LogP contribution in [0.3, 0.4) is 0 Å². The average Bonchev–Trinajstić information content (AvgIpc) is 2.43. The van der Waals surface area contributed by atoms with Crippen LogP contribution >= 0.6 is 0 Å². The minimum Gasteiger partial charge on any atom is -0.426 e. The third-order valence-corrected chi connectivity index (χ3v) is 2.50. The Morgan fingerprint density at radius 2 is 1.83 bits per heavy atom. The first-order valence-electron chi connectivity index (χ1n) is 7.77. The molecule has 0 saturated heterocycles. The Bertz CT molecular complexity index is 524. The Balaban J connectivity index is 0.00000118. The van der Waals surface area contributed by atoms with Crippen LogP contribution in [0.25, 0.3) is 0 Å². The van der Waals surface area contributed by atoms with E-state index in [4.69, 9.17) is 10.0 Å². The van der Waals surface area contributed by atoms with Gasteiger partial charge in [-0.05, 0) is 23.6 Å². The van der Waals surface area contributed by atoms with Gasteiger partial charge in [-0.25, -0.2) is 4.39 Å². The molecule has 0 aliphatic rings. The summed E-state index contributed by atoms with van der Waals surface area (Å²) in [6.07, 6.45) is -0.440. The first kappa shape index (κ1) is 22.1. The molecule has 0 bridgehead atoms. The summed E-state index contributed by atoms with van der Waals surface area (Å²) in [5, 5.41) is 22.1. The summed E-state index contributed by atoms with van der Waals surface area (Å²) in [5.41, 5.74) is 0.458. The molecule has 0 saturated carbocycles. The number of rotatable bonds is 6. The van der Waals surface area contributed by atoms with Crippen LogP contribution in [0.5, 0.6) is 0 Å². The maximum Gasteiger partial charge on any atom is 0.472 e. The van der Waals surface area contributed by atoms with E-state index >= 15 is 0 Å². The fourth-order valence-electron chi connectivity index (χ4n) is 1.68. The third kappa shape index (κ3) is 11.6. The highest BCUT2D eigenvalue weighted by Gasteiger charge is 2.18. The van der Waals surface area contributed by atoms with Gasteiger partial charge >= 0.3 is 7.12 Å². The van der Waals surface area contributed by atoms with E-state index in [0.29, 0.717) is 5.56 Å². The van der Waals surface area contributed by atoms with Crippen LogP contribution in [0.4, 0.5) is 4.39 Å². The molecule has 0 heterocycles. The van der Waals surface area contributed by atoms with Gasteiger partial charge in [-0.1, -0.05) is 32.9 Å². The van der Waals surface area contributed by atoms with E-state index in [1.165, 1.54) is 25.1 Å². The number of nitrogens with one attached hydrogen (secondary N) is 2. The van der Waals surface area contributed by atoms with Gasteiger partial charge in [0, 0.05) is 6.92 Å². The Kier molecular flexibility index (Phi) is 10.7. The maximum absolute atomic E-state index is 13.2. The molecule has 1 aromatic rings. The molecule has 1 atom stereocenters. The fraction of sp³-hybridized carbons (Fsp3) is 0.500. The molecule has 8 heteroatoms. The van der Waals surface area contributed by atoms with Crippen molar-refractivity contribution in [2.24, 2.45) is 5.92 Å². The summed E-state index contributed by atoms with van der Waals surface area (Å²) < 4.78 is 13.2. The van der Waals surface area contributed by atoms with Gasteiger partial charge < -0.3 is 20.7 Å². The predicted octanol–water partition coefficient (Wildman–Crippen LogP) is 1.18. The first-order chi connectivity index (χ1) is 11.1. The van der Waals surface area contributed by atoms with E-state index in [1.54, 1.807) is 6.07 Å². The summed E-state index contributed by atoms with van der Waals surface area (Å²) in [6, 6.07) is 4.89. The number of benzene rings is 1. The van der Waals surface area contributed by atoms with Crippen molar-refractivity contribution in [3.05, 3.63) is 35.6 Å². The van der Waals surface area contributed by atoms with Gasteiger partial charge in [0.05, 0.1) is 18.9 Å². The van der Waals surface area contributed by atoms with Gasteiger partial charge in [-0.15, -0.1) is 0 Å². The molecule has 134 valence electrons. The lowest BCUT2D eigenvalue weighted by molar-refractivity contribution is -0.122. The van der Waals surface area contributed by atoms with Crippen molar-refractivity contribution in [2.75, 3.05) is 6.44 Å². The maximum atomic E-state index is 13.2. The monoisotopic (exact) mass is 340 g/mol. The summed E-state index contributed by atoms with van der Waals surface area (Å²) in [6.45, 7) is 7.79. The van der Waals surface area contributed by atoms with Gasteiger partial charge in [0.2, 0.25) is 11.8 Å². The summed E-state index contributed by atoms with van der Waals surface area (Å²) in [7, 11) is -1.65. The van der Waals surface area contributed by atoms with E-state index < -0.39 is 24.9 Å². The van der Waals surface area contributed by atoms with E-state index in [2.05, 4.69) is 31.4 Å². The molecule has 1 aromatic carbocycles. The third-order valence-electron chi connectivity index (χ3n) is 2.50. The van der Waals surface area contributed by atoms with Crippen LogP contribution in [0.15, 0.2) is 24.3 Å². The quantitative estimate of drug-likeness (QED) is 0.585. The summed E-state index contributed by atoms with van der Waals surface area (Å²) in [5.74, 6) is -0.473. The molecule has 4 N–H and O–H groups in total. The molecule has 0 spiro atoms. The van der Waals surface area contributed by atoms with Crippen LogP contribution in [-0.4, -0.2) is 35.4 Å². The molecule has 6 nitrogen and oxygen atoms in total. The highest BCUT2D eigenvalue weighted by molar-refractivity contribution is 6.41. The van der Waals surface area contributed by atoms with Crippen LogP contribution in [-0.2, 0) is 9.59 Å². The van der Waals surface area contributed by atoms with Crippen molar-refractivity contribution in [2.45, 2.75) is 40.2 Å². The highest BCUT2D eigenvalue weighted by atomic mass is 19.1. The van der Waals surface area contributed by atoms with E-state index in [0.717, 1.165) is 5.92 Å². The number of carbonyl (C=O) groups excluding carboxylic acids is 2. The molecule has 0 aliphatic carbocycles. The molecular formula is C16H26BFN2O4. The fourth-order valence-corrected chi connectivity index (χ4v) is 1.68. The second-order valence-corrected chi connectivity index (χ2v) is 6.03. The van der Waals surface area contributed by atoms with Crippen molar-refractivity contribution in [3.8, 4) is 0 Å². The molecule has 0 aromatic heterocycles. The molecule has 0 radical (unpaired) electrons. The molecular weight excluding hydrogens is 314 g/mol. The normalized spacial score (nSPS) is 11.2. The lowest BCUT2D eigenvalue weighted by Gasteiger charge is -2.18. The van der Waals surface area contributed by atoms with E-state index in [9.17, 15) is 14.0 Å².